The summed E-state index contributed by atoms with van der Waals surface area (Å²) in [7, 11) is 0. The van der Waals surface area contributed by atoms with Gasteiger partial charge in [0.15, 0.2) is 0 Å². The number of nitrogens with zero attached hydrogens (tertiary/aromatic N) is 3. The fourth-order valence-corrected chi connectivity index (χ4v) is 1.80. The molecule has 1 aromatic rings. The van der Waals surface area contributed by atoms with E-state index in [2.05, 4.69) is 27.2 Å². The van der Waals surface area contributed by atoms with Crippen LogP contribution in [0.5, 0.6) is 0 Å². The summed E-state index contributed by atoms with van der Waals surface area (Å²) in [6, 6.07) is 1.73. The molecule has 0 aliphatic heterocycles. The van der Waals surface area contributed by atoms with E-state index >= 15 is 0 Å². The minimum absolute atomic E-state index is 0.126. The fraction of sp³-hybridized carbons (Fsp3) is 0.417. The number of anilines is 1. The van der Waals surface area contributed by atoms with Crippen molar-refractivity contribution < 1.29 is 9.53 Å². The molecule has 0 saturated carbocycles. The van der Waals surface area contributed by atoms with Crippen LogP contribution in [0.4, 0.5) is 9.80 Å². The van der Waals surface area contributed by atoms with Gasteiger partial charge in [-0.15, -0.1) is 11.3 Å². The predicted octanol–water partition coefficient (Wildman–Crippen LogP) is 3.76. The minimum atomic E-state index is -0.528. The van der Waals surface area contributed by atoms with Gasteiger partial charge in [-0.1, -0.05) is 17.0 Å². The minimum Gasteiger partial charge on any atom is -0.444 e. The topological polar surface area (TPSA) is 87.1 Å². The SMILES string of the molecule is CC(C)(C)OC(=O)Nc1cc(C#CCN=[N+]=[N-])cs1. The van der Waals surface area contributed by atoms with Crippen LogP contribution in [0.25, 0.3) is 10.4 Å². The number of hydrogen-bond donors (Lipinski definition) is 1. The lowest BCUT2D eigenvalue weighted by molar-refractivity contribution is 0.0636. The molecule has 7 heteroatoms. The number of ether oxygens (including phenoxy) is 1. The second-order valence-electron chi connectivity index (χ2n) is 4.52. The summed E-state index contributed by atoms with van der Waals surface area (Å²) in [5, 5.41) is 8.39. The number of azide groups is 1. The highest BCUT2D eigenvalue weighted by Crippen LogP contribution is 2.20. The second kappa shape index (κ2) is 6.69. The van der Waals surface area contributed by atoms with Crippen molar-refractivity contribution in [1.29, 1.82) is 0 Å². The van der Waals surface area contributed by atoms with Crippen LogP contribution in [-0.4, -0.2) is 18.2 Å². The van der Waals surface area contributed by atoms with Crippen molar-refractivity contribution in [2.45, 2.75) is 26.4 Å². The van der Waals surface area contributed by atoms with E-state index in [0.717, 1.165) is 5.56 Å². The maximum atomic E-state index is 11.5. The standard InChI is InChI=1S/C12H14N4O2S/c1-12(2,3)18-11(17)15-10-7-9(8-19-10)5-4-6-14-16-13/h7-8H,6H2,1-3H3,(H,15,17). The van der Waals surface area contributed by atoms with Crippen LogP contribution < -0.4 is 5.32 Å². The molecule has 0 bridgehead atoms. The molecule has 1 rings (SSSR count). The normalized spacial score (nSPS) is 9.84. The fourth-order valence-electron chi connectivity index (χ4n) is 1.08. The molecule has 0 saturated heterocycles. The van der Waals surface area contributed by atoms with Crippen molar-refractivity contribution in [2.75, 3.05) is 11.9 Å². The van der Waals surface area contributed by atoms with Gasteiger partial charge >= 0.3 is 6.09 Å². The zero-order chi connectivity index (χ0) is 14.3. The van der Waals surface area contributed by atoms with Crippen LogP contribution in [0, 0.1) is 11.8 Å². The van der Waals surface area contributed by atoms with Gasteiger partial charge in [0.1, 0.15) is 5.60 Å². The molecular formula is C12H14N4O2S. The van der Waals surface area contributed by atoms with Gasteiger partial charge in [-0.05, 0) is 32.4 Å². The zero-order valence-corrected chi connectivity index (χ0v) is 11.7. The van der Waals surface area contributed by atoms with Crippen LogP contribution in [-0.2, 0) is 4.74 Å². The Bertz CT molecular complexity index is 556. The van der Waals surface area contributed by atoms with Gasteiger partial charge in [-0.2, -0.15) is 0 Å². The molecule has 19 heavy (non-hydrogen) atoms. The smallest absolute Gasteiger partial charge is 0.412 e. The van der Waals surface area contributed by atoms with Gasteiger partial charge in [0.2, 0.25) is 0 Å². The Hall–Kier alpha value is -2.16. The van der Waals surface area contributed by atoms with Gasteiger partial charge in [0, 0.05) is 15.9 Å². The van der Waals surface area contributed by atoms with Crippen molar-refractivity contribution in [2.24, 2.45) is 5.11 Å². The molecule has 0 spiro atoms. The molecule has 0 aliphatic rings. The van der Waals surface area contributed by atoms with Crippen LogP contribution in [0.3, 0.4) is 0 Å². The van der Waals surface area contributed by atoms with E-state index in [1.807, 2.05) is 0 Å². The monoisotopic (exact) mass is 278 g/mol. The molecule has 1 aromatic heterocycles. The van der Waals surface area contributed by atoms with Crippen molar-refractivity contribution in [1.82, 2.24) is 0 Å². The summed E-state index contributed by atoms with van der Waals surface area (Å²) >= 11 is 1.35. The second-order valence-corrected chi connectivity index (χ2v) is 5.43. The summed E-state index contributed by atoms with van der Waals surface area (Å²) in [6.07, 6.45) is -0.497. The molecule has 1 heterocycles. The zero-order valence-electron chi connectivity index (χ0n) is 10.9. The van der Waals surface area contributed by atoms with Crippen molar-refractivity contribution >= 4 is 22.4 Å². The lowest BCUT2D eigenvalue weighted by atomic mass is 10.2. The van der Waals surface area contributed by atoms with E-state index in [4.69, 9.17) is 10.3 Å². The number of rotatable bonds is 2. The van der Waals surface area contributed by atoms with Crippen LogP contribution in [0.1, 0.15) is 26.3 Å². The highest BCUT2D eigenvalue weighted by molar-refractivity contribution is 7.14. The number of thiophene rings is 1. The lowest BCUT2D eigenvalue weighted by Crippen LogP contribution is -2.26. The lowest BCUT2D eigenvalue weighted by Gasteiger charge is -2.19. The first-order valence-corrected chi connectivity index (χ1v) is 6.37. The average Bonchev–Trinajstić information content (AvgIpc) is 2.69. The van der Waals surface area contributed by atoms with E-state index in [1.54, 1.807) is 32.2 Å². The summed E-state index contributed by atoms with van der Waals surface area (Å²) in [4.78, 5) is 14.1. The summed E-state index contributed by atoms with van der Waals surface area (Å²) in [5.74, 6) is 5.52. The number of hydrogen-bond acceptors (Lipinski definition) is 4. The summed E-state index contributed by atoms with van der Waals surface area (Å²) < 4.78 is 5.13. The average molecular weight is 278 g/mol. The van der Waals surface area contributed by atoms with E-state index in [0.29, 0.717) is 5.00 Å². The van der Waals surface area contributed by atoms with Crippen LogP contribution in [0.2, 0.25) is 0 Å². The molecule has 1 amide bonds. The molecule has 100 valence electrons. The maximum Gasteiger partial charge on any atom is 0.412 e. The quantitative estimate of drug-likeness (QED) is 0.386. The van der Waals surface area contributed by atoms with Crippen LogP contribution >= 0.6 is 11.3 Å². The number of carbonyl (C=O) groups is 1. The van der Waals surface area contributed by atoms with E-state index in [9.17, 15) is 4.79 Å². The number of carbonyl (C=O) groups excluding carboxylic acids is 1. The molecule has 1 N–H and O–H groups in total. The maximum absolute atomic E-state index is 11.5. The molecule has 6 nitrogen and oxygen atoms in total. The predicted molar refractivity (Wildman–Crippen MR) is 75.1 cm³/mol. The molecule has 0 radical (unpaired) electrons. The Kier molecular flexibility index (Phi) is 5.24. The number of nitrogens with one attached hydrogen (secondary N) is 1. The third-order valence-electron chi connectivity index (χ3n) is 1.67. The summed E-state index contributed by atoms with van der Waals surface area (Å²) in [6.45, 7) is 5.52. The number of amides is 1. The molecule has 0 atom stereocenters. The Labute approximate surface area is 115 Å². The Balaban J connectivity index is 2.57. The third-order valence-corrected chi connectivity index (χ3v) is 2.51. The summed E-state index contributed by atoms with van der Waals surface area (Å²) in [5.41, 5.74) is 8.32. The first-order valence-electron chi connectivity index (χ1n) is 5.49. The highest BCUT2D eigenvalue weighted by atomic mass is 32.1. The third kappa shape index (κ3) is 6.36. The van der Waals surface area contributed by atoms with Gasteiger partial charge < -0.3 is 4.74 Å². The first kappa shape index (κ1) is 14.9. The van der Waals surface area contributed by atoms with Gasteiger partial charge in [0.05, 0.1) is 11.5 Å². The molecular weight excluding hydrogens is 264 g/mol. The van der Waals surface area contributed by atoms with Gasteiger partial charge in [-0.3, -0.25) is 5.32 Å². The molecule has 0 aliphatic carbocycles. The Morgan fingerprint density at radius 1 is 1.63 bits per heavy atom. The van der Waals surface area contributed by atoms with Crippen molar-refractivity contribution in [3.8, 4) is 11.8 Å². The van der Waals surface area contributed by atoms with E-state index in [-0.39, 0.29) is 6.54 Å². The van der Waals surface area contributed by atoms with Crippen molar-refractivity contribution in [3.05, 3.63) is 27.5 Å². The Morgan fingerprint density at radius 2 is 2.37 bits per heavy atom. The Morgan fingerprint density at radius 3 is 3.00 bits per heavy atom. The van der Waals surface area contributed by atoms with Crippen LogP contribution in [0.15, 0.2) is 16.6 Å². The van der Waals surface area contributed by atoms with E-state index < -0.39 is 11.7 Å². The highest BCUT2D eigenvalue weighted by Gasteiger charge is 2.16. The molecule has 0 unspecified atom stereocenters. The molecule has 0 fully saturated rings. The largest absolute Gasteiger partial charge is 0.444 e. The van der Waals surface area contributed by atoms with E-state index in [1.165, 1.54) is 11.3 Å². The van der Waals surface area contributed by atoms with Gasteiger partial charge in [-0.25, -0.2) is 4.79 Å². The molecule has 0 aromatic carbocycles. The first-order chi connectivity index (χ1) is 8.90. The van der Waals surface area contributed by atoms with Gasteiger partial charge in [0.25, 0.3) is 0 Å². The van der Waals surface area contributed by atoms with Crippen molar-refractivity contribution in [3.63, 3.8) is 0 Å².